The molecular weight excluding hydrogens is 616 g/mol. The van der Waals surface area contributed by atoms with Crippen molar-refractivity contribution in [2.45, 2.75) is 64.8 Å². The molecule has 2 fully saturated rings. The lowest BCUT2D eigenvalue weighted by Crippen LogP contribution is -2.46. The van der Waals surface area contributed by atoms with Crippen LogP contribution in [-0.4, -0.2) is 90.4 Å². The maximum Gasteiger partial charge on any atom is 0.410 e. The summed E-state index contributed by atoms with van der Waals surface area (Å²) in [4.78, 5) is 32.0. The lowest BCUT2D eigenvalue weighted by atomic mass is 10.0. The zero-order chi connectivity index (χ0) is 34.0. The van der Waals surface area contributed by atoms with Gasteiger partial charge in [0.1, 0.15) is 30.4 Å². The summed E-state index contributed by atoms with van der Waals surface area (Å²) in [5.41, 5.74) is 3.91. The van der Waals surface area contributed by atoms with Crippen LogP contribution in [0.3, 0.4) is 0 Å². The van der Waals surface area contributed by atoms with E-state index in [0.29, 0.717) is 32.3 Å². The first-order valence-electron chi connectivity index (χ1n) is 17.6. The number of benzene rings is 3. The molecule has 0 spiro atoms. The van der Waals surface area contributed by atoms with Crippen molar-refractivity contribution < 1.29 is 19.0 Å². The molecule has 1 atom stereocenters. The van der Waals surface area contributed by atoms with E-state index >= 15 is 0 Å². The summed E-state index contributed by atoms with van der Waals surface area (Å²) < 4.78 is 18.4. The third-order valence-corrected chi connectivity index (χ3v) is 9.64. The highest BCUT2D eigenvalue weighted by atomic mass is 16.6. The molecule has 3 aliphatic rings. The van der Waals surface area contributed by atoms with Gasteiger partial charge in [-0.05, 0) is 64.1 Å². The molecule has 10 heteroatoms. The molecule has 0 bridgehead atoms. The van der Waals surface area contributed by atoms with Crippen LogP contribution in [-0.2, 0) is 24.3 Å². The molecule has 258 valence electrons. The van der Waals surface area contributed by atoms with Crippen LogP contribution >= 0.6 is 0 Å². The molecular formula is C39H48N6O4. The third-order valence-electron chi connectivity index (χ3n) is 9.64. The van der Waals surface area contributed by atoms with E-state index in [0.717, 1.165) is 85.9 Å². The molecule has 0 N–H and O–H groups in total. The standard InChI is InChI=1S/C39H48N6O4/c1-39(2,3)49-38(46)45-17-10-14-30(45)27-48-37-40-34-25-44(18-16-33(34)36(41-37)43-21-19-42(4)20-22-43)35-24-31(23-29-13-8-9-15-32(29)35)47-26-28-11-6-5-7-12-28/h5-9,11-13,15,23-24,30H,10,14,16-22,25-27H2,1-4H3/t30-/m0/s1. The Hall–Kier alpha value is -4.57. The lowest BCUT2D eigenvalue weighted by Gasteiger charge is -2.37. The maximum atomic E-state index is 13.0. The monoisotopic (exact) mass is 664 g/mol. The van der Waals surface area contributed by atoms with E-state index in [1.807, 2.05) is 39.0 Å². The molecule has 3 aliphatic heterocycles. The van der Waals surface area contributed by atoms with Crippen LogP contribution in [0.15, 0.2) is 66.7 Å². The smallest absolute Gasteiger partial charge is 0.410 e. The van der Waals surface area contributed by atoms with Crippen molar-refractivity contribution in [1.82, 2.24) is 19.8 Å². The molecule has 4 heterocycles. The quantitative estimate of drug-likeness (QED) is 0.216. The molecule has 10 nitrogen and oxygen atoms in total. The summed E-state index contributed by atoms with van der Waals surface area (Å²) in [6, 6.07) is 23.4. The number of aromatic nitrogens is 2. The van der Waals surface area contributed by atoms with Gasteiger partial charge in [0.2, 0.25) is 0 Å². The number of ether oxygens (including phenoxy) is 3. The van der Waals surface area contributed by atoms with Gasteiger partial charge in [0.15, 0.2) is 0 Å². The first-order chi connectivity index (χ1) is 23.7. The Morgan fingerprint density at radius 2 is 1.65 bits per heavy atom. The summed E-state index contributed by atoms with van der Waals surface area (Å²) in [5.74, 6) is 1.83. The molecule has 0 unspecified atom stereocenters. The van der Waals surface area contributed by atoms with Gasteiger partial charge >= 0.3 is 12.1 Å². The molecule has 4 aromatic rings. The first-order valence-corrected chi connectivity index (χ1v) is 17.6. The van der Waals surface area contributed by atoms with E-state index in [4.69, 9.17) is 24.2 Å². The lowest BCUT2D eigenvalue weighted by molar-refractivity contribution is 0.0183. The second-order valence-electron chi connectivity index (χ2n) is 14.4. The molecule has 1 aromatic heterocycles. The summed E-state index contributed by atoms with van der Waals surface area (Å²) in [7, 11) is 2.17. The zero-order valence-electron chi connectivity index (χ0n) is 29.2. The fraction of sp³-hybridized carbons (Fsp3) is 0.462. The summed E-state index contributed by atoms with van der Waals surface area (Å²) in [5, 5.41) is 2.33. The number of hydrogen-bond acceptors (Lipinski definition) is 9. The van der Waals surface area contributed by atoms with Crippen LogP contribution in [0.25, 0.3) is 10.8 Å². The van der Waals surface area contributed by atoms with E-state index in [-0.39, 0.29) is 12.1 Å². The predicted octanol–water partition coefficient (Wildman–Crippen LogP) is 6.30. The number of likely N-dealkylation sites (N-methyl/N-ethyl adjacent to an activating group) is 1. The Labute approximate surface area is 289 Å². The normalized spacial score (nSPS) is 18.4. The highest BCUT2D eigenvalue weighted by molar-refractivity contribution is 5.95. The average Bonchev–Trinajstić information content (AvgIpc) is 3.58. The number of carbonyl (C=O) groups is 1. The average molecular weight is 665 g/mol. The number of amides is 1. The van der Waals surface area contributed by atoms with Gasteiger partial charge in [-0.2, -0.15) is 9.97 Å². The van der Waals surface area contributed by atoms with Crippen LogP contribution in [0.1, 0.15) is 50.4 Å². The van der Waals surface area contributed by atoms with Gasteiger partial charge in [0, 0.05) is 62.0 Å². The van der Waals surface area contributed by atoms with Crippen molar-refractivity contribution in [3.8, 4) is 11.8 Å². The Balaban J connectivity index is 1.16. The first kappa shape index (κ1) is 33.0. The van der Waals surface area contributed by atoms with Crippen molar-refractivity contribution in [3.63, 3.8) is 0 Å². The predicted molar refractivity (Wildman–Crippen MR) is 193 cm³/mol. The Bertz CT molecular complexity index is 1770. The summed E-state index contributed by atoms with van der Waals surface area (Å²) in [6.07, 6.45) is 2.32. The second kappa shape index (κ2) is 14.1. The van der Waals surface area contributed by atoms with E-state index in [1.165, 1.54) is 10.9 Å². The number of carbonyl (C=O) groups excluding carboxylic acids is 1. The highest BCUT2D eigenvalue weighted by Crippen LogP contribution is 2.37. The number of rotatable bonds is 8. The third kappa shape index (κ3) is 7.69. The maximum absolute atomic E-state index is 13.0. The van der Waals surface area contributed by atoms with Gasteiger partial charge in [-0.1, -0.05) is 54.6 Å². The molecule has 3 aromatic carbocycles. The molecule has 0 saturated carbocycles. The van der Waals surface area contributed by atoms with Crippen molar-refractivity contribution in [3.05, 3.63) is 83.6 Å². The fourth-order valence-corrected chi connectivity index (χ4v) is 7.03. The minimum absolute atomic E-state index is 0.0805. The van der Waals surface area contributed by atoms with Crippen molar-refractivity contribution >= 4 is 28.4 Å². The van der Waals surface area contributed by atoms with Gasteiger partial charge in [-0.15, -0.1) is 0 Å². The molecule has 7 rings (SSSR count). The Morgan fingerprint density at radius 3 is 2.45 bits per heavy atom. The number of fused-ring (bicyclic) bond motifs is 2. The SMILES string of the molecule is CN1CCN(c2nc(OC[C@@H]3CCCN3C(=O)OC(C)(C)C)nc3c2CCN(c2cc(OCc4ccccc4)cc4ccccc24)C3)CC1. The van der Waals surface area contributed by atoms with E-state index in [9.17, 15) is 4.79 Å². The minimum Gasteiger partial charge on any atom is -0.489 e. The van der Waals surface area contributed by atoms with Crippen LogP contribution in [0, 0.1) is 0 Å². The van der Waals surface area contributed by atoms with Crippen molar-refractivity contribution in [2.24, 2.45) is 0 Å². The van der Waals surface area contributed by atoms with Gasteiger partial charge in [0.25, 0.3) is 0 Å². The van der Waals surface area contributed by atoms with E-state index < -0.39 is 5.60 Å². The van der Waals surface area contributed by atoms with Crippen LogP contribution in [0.2, 0.25) is 0 Å². The molecule has 0 radical (unpaired) electrons. The van der Waals surface area contributed by atoms with Crippen molar-refractivity contribution in [1.29, 1.82) is 0 Å². The number of anilines is 2. The van der Waals surface area contributed by atoms with Crippen molar-refractivity contribution in [2.75, 3.05) is 62.7 Å². The van der Waals surface area contributed by atoms with Gasteiger partial charge in [-0.3, -0.25) is 0 Å². The van der Waals surface area contributed by atoms with Crippen LogP contribution in [0.4, 0.5) is 16.3 Å². The number of nitrogens with zero attached hydrogens (tertiary/aromatic N) is 6. The number of hydrogen-bond donors (Lipinski definition) is 0. The fourth-order valence-electron chi connectivity index (χ4n) is 7.03. The second-order valence-corrected chi connectivity index (χ2v) is 14.4. The highest BCUT2D eigenvalue weighted by Gasteiger charge is 2.34. The van der Waals surface area contributed by atoms with Gasteiger partial charge < -0.3 is 33.8 Å². The molecule has 2 saturated heterocycles. The molecule has 49 heavy (non-hydrogen) atoms. The Kier molecular flexibility index (Phi) is 9.49. The minimum atomic E-state index is -0.547. The van der Waals surface area contributed by atoms with E-state index in [2.05, 4.69) is 70.3 Å². The number of likely N-dealkylation sites (tertiary alicyclic amines) is 1. The van der Waals surface area contributed by atoms with Crippen LogP contribution < -0.4 is 19.3 Å². The van der Waals surface area contributed by atoms with Gasteiger partial charge in [-0.25, -0.2) is 4.79 Å². The molecule has 1 amide bonds. The van der Waals surface area contributed by atoms with Crippen LogP contribution in [0.5, 0.6) is 11.8 Å². The van der Waals surface area contributed by atoms with Gasteiger partial charge in [0.05, 0.1) is 18.3 Å². The Morgan fingerprint density at radius 1 is 0.878 bits per heavy atom. The summed E-state index contributed by atoms with van der Waals surface area (Å²) in [6.45, 7) is 12.4. The number of piperazine rings is 1. The molecule has 0 aliphatic carbocycles. The summed E-state index contributed by atoms with van der Waals surface area (Å²) >= 11 is 0. The van der Waals surface area contributed by atoms with E-state index in [1.54, 1.807) is 4.90 Å². The zero-order valence-corrected chi connectivity index (χ0v) is 29.2. The largest absolute Gasteiger partial charge is 0.489 e. The topological polar surface area (TPSA) is 83.5 Å².